The van der Waals surface area contributed by atoms with Gasteiger partial charge in [-0.1, -0.05) is 32.0 Å². The van der Waals surface area contributed by atoms with Crippen molar-refractivity contribution in [3.8, 4) is 5.75 Å². The van der Waals surface area contributed by atoms with Gasteiger partial charge in [-0.15, -0.1) is 0 Å². The van der Waals surface area contributed by atoms with E-state index >= 15 is 0 Å². The van der Waals surface area contributed by atoms with Crippen molar-refractivity contribution in [1.82, 2.24) is 9.80 Å². The molecule has 5 nitrogen and oxygen atoms in total. The third-order valence-corrected chi connectivity index (χ3v) is 7.66. The third-order valence-electron chi connectivity index (χ3n) is 7.66. The molecule has 5 heteroatoms. The maximum atomic E-state index is 5.52. The summed E-state index contributed by atoms with van der Waals surface area (Å²) in [7, 11) is 1.72. The van der Waals surface area contributed by atoms with Gasteiger partial charge in [-0.3, -0.25) is 4.90 Å². The van der Waals surface area contributed by atoms with Gasteiger partial charge in [-0.25, -0.2) is 0 Å². The maximum Gasteiger partial charge on any atom is 0.120 e. The lowest BCUT2D eigenvalue weighted by molar-refractivity contribution is 0.0415. The molecule has 2 aromatic rings. The van der Waals surface area contributed by atoms with Crippen molar-refractivity contribution >= 4 is 11.4 Å². The molecule has 0 unspecified atom stereocenters. The van der Waals surface area contributed by atoms with Crippen LogP contribution in [0.15, 0.2) is 36.4 Å². The Balaban J connectivity index is 1.23. The second-order valence-corrected chi connectivity index (χ2v) is 10.2. The number of rotatable bonds is 5. The minimum Gasteiger partial charge on any atom is -0.497 e. The number of nitrogens with one attached hydrogen (secondary N) is 1. The molecule has 2 saturated heterocycles. The molecule has 0 radical (unpaired) electrons. The normalized spacial score (nSPS) is 21.5. The number of nitrogens with zero attached hydrogens (tertiary/aromatic N) is 2. The van der Waals surface area contributed by atoms with Crippen LogP contribution in [-0.2, 0) is 16.7 Å². The van der Waals surface area contributed by atoms with Crippen LogP contribution in [0.2, 0.25) is 0 Å². The van der Waals surface area contributed by atoms with E-state index < -0.39 is 0 Å². The highest BCUT2D eigenvalue weighted by molar-refractivity contribution is 5.76. The van der Waals surface area contributed by atoms with Crippen LogP contribution < -0.4 is 10.1 Å². The van der Waals surface area contributed by atoms with Crippen LogP contribution in [0.3, 0.4) is 0 Å². The monoisotopic (exact) mass is 435 g/mol. The van der Waals surface area contributed by atoms with E-state index in [0.717, 1.165) is 50.2 Å². The van der Waals surface area contributed by atoms with Gasteiger partial charge in [0, 0.05) is 75.3 Å². The summed E-state index contributed by atoms with van der Waals surface area (Å²) >= 11 is 0. The average molecular weight is 436 g/mol. The van der Waals surface area contributed by atoms with Crippen molar-refractivity contribution in [2.75, 3.05) is 58.4 Å². The molecule has 0 amide bonds. The lowest BCUT2D eigenvalue weighted by atomic mass is 9.74. The standard InChI is InChI=1S/C27H37N3O2/c1-27(2)23-6-5-22(31-3)17-26(23)28-25-7-4-21(16-24(25)27)19-30-12-10-29(11-13-30)18-20-8-14-32-15-9-20/h4-7,16-17,20,28H,8-15,18-19H2,1-3H3. The average Bonchev–Trinajstić information content (AvgIpc) is 2.81. The van der Waals surface area contributed by atoms with Crippen LogP contribution in [0.25, 0.3) is 0 Å². The summed E-state index contributed by atoms with van der Waals surface area (Å²) in [6, 6.07) is 13.3. The summed E-state index contributed by atoms with van der Waals surface area (Å²) in [5.74, 6) is 1.72. The van der Waals surface area contributed by atoms with Gasteiger partial charge in [0.05, 0.1) is 7.11 Å². The molecule has 3 aliphatic rings. The summed E-state index contributed by atoms with van der Waals surface area (Å²) in [6.07, 6.45) is 2.46. The summed E-state index contributed by atoms with van der Waals surface area (Å²) < 4.78 is 11.0. The molecule has 0 saturated carbocycles. The highest BCUT2D eigenvalue weighted by atomic mass is 16.5. The van der Waals surface area contributed by atoms with Crippen molar-refractivity contribution in [3.63, 3.8) is 0 Å². The van der Waals surface area contributed by atoms with Crippen molar-refractivity contribution in [2.24, 2.45) is 5.92 Å². The molecule has 5 rings (SSSR count). The number of hydrogen-bond acceptors (Lipinski definition) is 5. The summed E-state index contributed by atoms with van der Waals surface area (Å²) in [5.41, 5.74) is 6.43. The molecule has 0 aromatic heterocycles. The van der Waals surface area contributed by atoms with E-state index in [1.807, 2.05) is 0 Å². The number of benzene rings is 2. The van der Waals surface area contributed by atoms with Crippen LogP contribution in [0.1, 0.15) is 43.4 Å². The Kier molecular flexibility index (Phi) is 6.15. The number of piperazine rings is 1. The van der Waals surface area contributed by atoms with E-state index in [1.165, 1.54) is 54.9 Å². The van der Waals surface area contributed by atoms with E-state index in [-0.39, 0.29) is 5.41 Å². The van der Waals surface area contributed by atoms with Gasteiger partial charge in [0.25, 0.3) is 0 Å². The summed E-state index contributed by atoms with van der Waals surface area (Å²) in [4.78, 5) is 5.28. The Labute approximate surface area is 192 Å². The summed E-state index contributed by atoms with van der Waals surface area (Å²) in [5, 5.41) is 3.64. The predicted octanol–water partition coefficient (Wildman–Crippen LogP) is 4.62. The minimum atomic E-state index is -0.0411. The molecule has 0 aliphatic carbocycles. The van der Waals surface area contributed by atoms with Crippen LogP contribution in [0.5, 0.6) is 5.75 Å². The lowest BCUT2D eigenvalue weighted by Gasteiger charge is -2.38. The Hall–Kier alpha value is -2.08. The molecule has 0 spiro atoms. The van der Waals surface area contributed by atoms with E-state index in [0.29, 0.717) is 0 Å². The highest BCUT2D eigenvalue weighted by Gasteiger charge is 2.33. The first kappa shape index (κ1) is 21.7. The minimum absolute atomic E-state index is 0.0411. The zero-order valence-electron chi connectivity index (χ0n) is 19.8. The summed E-state index contributed by atoms with van der Waals surface area (Å²) in [6.45, 7) is 13.5. The first-order chi connectivity index (χ1) is 15.5. The van der Waals surface area contributed by atoms with Crippen LogP contribution >= 0.6 is 0 Å². The van der Waals surface area contributed by atoms with E-state index in [4.69, 9.17) is 9.47 Å². The van der Waals surface area contributed by atoms with Crippen LogP contribution in [0.4, 0.5) is 11.4 Å². The Bertz CT molecular complexity index is 944. The molecule has 32 heavy (non-hydrogen) atoms. The molecule has 3 aliphatic heterocycles. The fourth-order valence-electron chi connectivity index (χ4n) is 5.59. The van der Waals surface area contributed by atoms with Crippen LogP contribution in [0, 0.1) is 5.92 Å². The largest absolute Gasteiger partial charge is 0.497 e. The van der Waals surface area contributed by atoms with Gasteiger partial charge in [0.15, 0.2) is 0 Å². The smallest absolute Gasteiger partial charge is 0.120 e. The molecule has 172 valence electrons. The van der Waals surface area contributed by atoms with Crippen LogP contribution in [-0.4, -0.2) is 62.8 Å². The molecule has 0 bridgehead atoms. The third kappa shape index (κ3) is 4.39. The number of hydrogen-bond donors (Lipinski definition) is 1. The first-order valence-corrected chi connectivity index (χ1v) is 12.1. The molecule has 2 fully saturated rings. The Morgan fingerprint density at radius 3 is 2.44 bits per heavy atom. The molecule has 2 aromatic carbocycles. The second kappa shape index (κ2) is 9.05. The van der Waals surface area contributed by atoms with Gasteiger partial charge < -0.3 is 19.7 Å². The molecular formula is C27H37N3O2. The Morgan fingerprint density at radius 1 is 0.938 bits per heavy atom. The van der Waals surface area contributed by atoms with Crippen molar-refractivity contribution in [1.29, 1.82) is 0 Å². The molecular weight excluding hydrogens is 398 g/mol. The number of fused-ring (bicyclic) bond motifs is 2. The molecule has 0 atom stereocenters. The predicted molar refractivity (Wildman–Crippen MR) is 130 cm³/mol. The van der Waals surface area contributed by atoms with E-state index in [1.54, 1.807) is 7.11 Å². The number of ether oxygens (including phenoxy) is 2. The number of anilines is 2. The van der Waals surface area contributed by atoms with Gasteiger partial charge in [0.1, 0.15) is 5.75 Å². The fraction of sp³-hybridized carbons (Fsp3) is 0.556. The second-order valence-electron chi connectivity index (χ2n) is 10.2. The topological polar surface area (TPSA) is 37.0 Å². The van der Waals surface area contributed by atoms with Gasteiger partial charge in [0.2, 0.25) is 0 Å². The van der Waals surface area contributed by atoms with Gasteiger partial charge in [-0.2, -0.15) is 0 Å². The zero-order chi connectivity index (χ0) is 22.1. The van der Waals surface area contributed by atoms with E-state index in [2.05, 4.69) is 65.4 Å². The first-order valence-electron chi connectivity index (χ1n) is 12.1. The van der Waals surface area contributed by atoms with Crippen molar-refractivity contribution < 1.29 is 9.47 Å². The van der Waals surface area contributed by atoms with Gasteiger partial charge >= 0.3 is 0 Å². The quantitative estimate of drug-likeness (QED) is 0.742. The fourth-order valence-corrected chi connectivity index (χ4v) is 5.59. The van der Waals surface area contributed by atoms with E-state index in [9.17, 15) is 0 Å². The number of methoxy groups -OCH3 is 1. The maximum absolute atomic E-state index is 5.52. The van der Waals surface area contributed by atoms with Gasteiger partial charge in [-0.05, 0) is 47.6 Å². The highest BCUT2D eigenvalue weighted by Crippen LogP contribution is 2.46. The van der Waals surface area contributed by atoms with Crippen molar-refractivity contribution in [2.45, 2.75) is 38.6 Å². The lowest BCUT2D eigenvalue weighted by Crippen LogP contribution is -2.47. The van der Waals surface area contributed by atoms with Crippen molar-refractivity contribution in [3.05, 3.63) is 53.1 Å². The Morgan fingerprint density at radius 2 is 1.69 bits per heavy atom. The SMILES string of the molecule is COc1ccc2c(c1)Nc1ccc(CN3CCN(CC4CCOCC4)CC3)cc1C2(C)C. The molecule has 3 heterocycles. The molecule has 1 N–H and O–H groups in total. The zero-order valence-corrected chi connectivity index (χ0v) is 19.8.